The topological polar surface area (TPSA) is 26.0 Å². The van der Waals surface area contributed by atoms with Gasteiger partial charge in [0, 0.05) is 16.5 Å². The fourth-order valence-electron chi connectivity index (χ4n) is 7.23. The molecular formula is C22H23N. The van der Waals surface area contributed by atoms with Crippen LogP contribution in [0.15, 0.2) is 36.4 Å². The quantitative estimate of drug-likeness (QED) is 0.673. The first-order chi connectivity index (χ1) is 11.1. The summed E-state index contributed by atoms with van der Waals surface area (Å²) in [5.41, 5.74) is 16.2. The van der Waals surface area contributed by atoms with Gasteiger partial charge in [-0.05, 0) is 85.3 Å². The molecule has 3 saturated carbocycles. The van der Waals surface area contributed by atoms with Crippen LogP contribution in [0, 0.1) is 12.3 Å². The van der Waals surface area contributed by atoms with Crippen LogP contribution in [0.5, 0.6) is 0 Å². The number of anilines is 1. The van der Waals surface area contributed by atoms with Crippen molar-refractivity contribution in [2.24, 2.45) is 5.41 Å². The Kier molecular flexibility index (Phi) is 1.93. The fourth-order valence-corrected chi connectivity index (χ4v) is 7.23. The van der Waals surface area contributed by atoms with Crippen LogP contribution >= 0.6 is 0 Å². The molecule has 3 bridgehead atoms. The van der Waals surface area contributed by atoms with Gasteiger partial charge in [-0.25, -0.2) is 0 Å². The lowest BCUT2D eigenvalue weighted by atomic mass is 9.51. The lowest BCUT2D eigenvalue weighted by Gasteiger charge is -2.51. The van der Waals surface area contributed by atoms with Crippen molar-refractivity contribution in [2.75, 3.05) is 5.73 Å². The molecule has 1 heteroatoms. The Hall–Kier alpha value is -1.76. The summed E-state index contributed by atoms with van der Waals surface area (Å²) in [6, 6.07) is 13.9. The van der Waals surface area contributed by atoms with Crippen LogP contribution in [0.3, 0.4) is 0 Å². The highest BCUT2D eigenvalue weighted by Crippen LogP contribution is 2.80. The number of nitrogen functional groups attached to an aromatic ring is 1. The van der Waals surface area contributed by atoms with Gasteiger partial charge in [0.2, 0.25) is 0 Å². The van der Waals surface area contributed by atoms with Gasteiger partial charge in [-0.15, -0.1) is 0 Å². The van der Waals surface area contributed by atoms with E-state index in [2.05, 4.69) is 43.3 Å². The summed E-state index contributed by atoms with van der Waals surface area (Å²) >= 11 is 0. The van der Waals surface area contributed by atoms with E-state index in [0.717, 1.165) is 5.69 Å². The lowest BCUT2D eigenvalue weighted by molar-refractivity contribution is 0.231. The molecule has 4 aliphatic carbocycles. The van der Waals surface area contributed by atoms with Crippen LogP contribution < -0.4 is 5.73 Å². The average Bonchev–Trinajstić information content (AvgIpc) is 3.17. The molecule has 0 aliphatic heterocycles. The molecule has 1 nitrogen and oxygen atoms in total. The van der Waals surface area contributed by atoms with Gasteiger partial charge in [-0.2, -0.15) is 0 Å². The zero-order valence-corrected chi connectivity index (χ0v) is 13.8. The average molecular weight is 301 g/mol. The van der Waals surface area contributed by atoms with E-state index in [1.165, 1.54) is 55.2 Å². The highest BCUT2D eigenvalue weighted by molar-refractivity contribution is 5.81. The second-order valence-corrected chi connectivity index (χ2v) is 8.87. The molecule has 2 aromatic carbocycles. The fraction of sp³-hybridized carbons (Fsp3) is 0.455. The van der Waals surface area contributed by atoms with E-state index in [0.29, 0.717) is 16.2 Å². The van der Waals surface area contributed by atoms with E-state index in [4.69, 9.17) is 5.73 Å². The first-order valence-corrected chi connectivity index (χ1v) is 9.09. The zero-order chi connectivity index (χ0) is 15.4. The minimum atomic E-state index is 0.372. The Morgan fingerprint density at radius 2 is 1.39 bits per heavy atom. The van der Waals surface area contributed by atoms with Crippen molar-refractivity contribution < 1.29 is 0 Å². The number of nitrogens with two attached hydrogens (primary N) is 1. The number of aryl methyl sites for hydroxylation is 1. The third-order valence-electron chi connectivity index (χ3n) is 7.97. The molecule has 3 spiro atoms. The van der Waals surface area contributed by atoms with Crippen LogP contribution in [0.1, 0.15) is 55.2 Å². The van der Waals surface area contributed by atoms with Crippen LogP contribution in [-0.2, 0) is 10.8 Å². The molecule has 6 rings (SSSR count). The zero-order valence-electron chi connectivity index (χ0n) is 13.8. The van der Waals surface area contributed by atoms with Crippen molar-refractivity contribution in [3.8, 4) is 11.1 Å². The molecule has 2 N–H and O–H groups in total. The Labute approximate surface area is 137 Å². The second-order valence-electron chi connectivity index (χ2n) is 8.87. The highest BCUT2D eigenvalue weighted by atomic mass is 14.8. The number of hydrogen-bond acceptors (Lipinski definition) is 1. The first kappa shape index (κ1) is 12.6. The van der Waals surface area contributed by atoms with Gasteiger partial charge in [-0.1, -0.05) is 29.8 Å². The van der Waals surface area contributed by atoms with Crippen LogP contribution in [0.2, 0.25) is 0 Å². The molecule has 2 aromatic rings. The number of hydrogen-bond donors (Lipinski definition) is 1. The molecule has 3 unspecified atom stereocenters. The molecule has 3 fully saturated rings. The molecule has 0 amide bonds. The molecule has 116 valence electrons. The summed E-state index contributed by atoms with van der Waals surface area (Å²) in [5.74, 6) is 0. The van der Waals surface area contributed by atoms with E-state index >= 15 is 0 Å². The lowest BCUT2D eigenvalue weighted by Crippen LogP contribution is -2.47. The standard InChI is InChI=1S/C22H23N/c1-14-2-4-16-17-5-3-15(23)11-19(17)22-9-7-20(13-22)6-8-21(22,12-20)18(16)10-14/h2-5,10-11H,6-9,12-13,23H2,1H3. The molecular weight excluding hydrogens is 278 g/mol. The van der Waals surface area contributed by atoms with Crippen LogP contribution in [0.25, 0.3) is 11.1 Å². The minimum Gasteiger partial charge on any atom is -0.399 e. The monoisotopic (exact) mass is 301 g/mol. The molecule has 3 atom stereocenters. The van der Waals surface area contributed by atoms with Gasteiger partial charge in [0.15, 0.2) is 0 Å². The molecule has 0 radical (unpaired) electrons. The van der Waals surface area contributed by atoms with Gasteiger partial charge in [0.05, 0.1) is 0 Å². The third kappa shape index (κ3) is 1.19. The molecule has 0 aromatic heterocycles. The van der Waals surface area contributed by atoms with Crippen molar-refractivity contribution in [3.63, 3.8) is 0 Å². The summed E-state index contributed by atoms with van der Waals surface area (Å²) in [6.45, 7) is 2.25. The maximum Gasteiger partial charge on any atom is 0.0317 e. The van der Waals surface area contributed by atoms with Crippen LogP contribution in [0.4, 0.5) is 5.69 Å². The largest absolute Gasteiger partial charge is 0.399 e. The van der Waals surface area contributed by atoms with Gasteiger partial charge in [0.1, 0.15) is 0 Å². The Morgan fingerprint density at radius 1 is 0.783 bits per heavy atom. The van der Waals surface area contributed by atoms with Gasteiger partial charge >= 0.3 is 0 Å². The Balaban J connectivity index is 1.78. The van der Waals surface area contributed by atoms with Crippen molar-refractivity contribution in [1.82, 2.24) is 0 Å². The number of benzene rings is 2. The molecule has 23 heavy (non-hydrogen) atoms. The molecule has 4 aliphatic rings. The second kappa shape index (κ2) is 3.50. The molecule has 0 saturated heterocycles. The van der Waals surface area contributed by atoms with Crippen molar-refractivity contribution in [1.29, 1.82) is 0 Å². The van der Waals surface area contributed by atoms with Crippen molar-refractivity contribution in [3.05, 3.63) is 53.1 Å². The Morgan fingerprint density at radius 3 is 2.09 bits per heavy atom. The summed E-state index contributed by atoms with van der Waals surface area (Å²) in [6.07, 6.45) is 8.47. The third-order valence-corrected chi connectivity index (χ3v) is 7.97. The first-order valence-electron chi connectivity index (χ1n) is 9.09. The van der Waals surface area contributed by atoms with E-state index in [1.807, 2.05) is 0 Å². The van der Waals surface area contributed by atoms with E-state index in [-0.39, 0.29) is 0 Å². The summed E-state index contributed by atoms with van der Waals surface area (Å²) in [4.78, 5) is 0. The van der Waals surface area contributed by atoms with E-state index < -0.39 is 0 Å². The van der Waals surface area contributed by atoms with Crippen molar-refractivity contribution >= 4 is 5.69 Å². The SMILES string of the molecule is Cc1ccc2c(c1)C13CCC4(CCC1(C4)c1cc(N)ccc1-2)C3. The predicted octanol–water partition coefficient (Wildman–Crippen LogP) is 5.10. The maximum atomic E-state index is 6.23. The smallest absolute Gasteiger partial charge is 0.0317 e. The number of rotatable bonds is 0. The van der Waals surface area contributed by atoms with Gasteiger partial charge < -0.3 is 5.73 Å². The minimum absolute atomic E-state index is 0.372. The summed E-state index contributed by atoms with van der Waals surface area (Å²) in [7, 11) is 0. The van der Waals surface area contributed by atoms with E-state index in [9.17, 15) is 0 Å². The molecule has 0 heterocycles. The Bertz CT molecular complexity index is 806. The predicted molar refractivity (Wildman–Crippen MR) is 94.5 cm³/mol. The normalized spacial score (nSPS) is 38.3. The van der Waals surface area contributed by atoms with Crippen LogP contribution in [-0.4, -0.2) is 0 Å². The number of fused-ring (bicyclic) bond motifs is 3. The highest BCUT2D eigenvalue weighted by Gasteiger charge is 2.73. The van der Waals surface area contributed by atoms with Crippen molar-refractivity contribution in [2.45, 2.75) is 56.3 Å². The van der Waals surface area contributed by atoms with Gasteiger partial charge in [-0.3, -0.25) is 0 Å². The van der Waals surface area contributed by atoms with Gasteiger partial charge in [0.25, 0.3) is 0 Å². The summed E-state index contributed by atoms with van der Waals surface area (Å²) < 4.78 is 0. The summed E-state index contributed by atoms with van der Waals surface area (Å²) in [5, 5.41) is 0. The maximum absolute atomic E-state index is 6.23. The van der Waals surface area contributed by atoms with E-state index in [1.54, 1.807) is 11.1 Å².